The van der Waals surface area contributed by atoms with Gasteiger partial charge in [0.15, 0.2) is 0 Å². The van der Waals surface area contributed by atoms with E-state index in [9.17, 15) is 0 Å². The molecule has 0 amide bonds. The third kappa shape index (κ3) is 2.54. The fourth-order valence-corrected chi connectivity index (χ4v) is 1.76. The Morgan fingerprint density at radius 2 is 2.20 bits per heavy atom. The fraction of sp³-hybridized carbons (Fsp3) is 0.200. The molecule has 0 aliphatic heterocycles. The summed E-state index contributed by atoms with van der Waals surface area (Å²) in [7, 11) is 0. The zero-order chi connectivity index (χ0) is 10.7. The van der Waals surface area contributed by atoms with Crippen molar-refractivity contribution in [2.24, 2.45) is 5.73 Å². The molecule has 0 aliphatic rings. The highest BCUT2D eigenvalue weighted by Gasteiger charge is 2.07. The lowest BCUT2D eigenvalue weighted by atomic mass is 10.2. The Labute approximate surface area is 101 Å². The third-order valence-corrected chi connectivity index (χ3v) is 2.57. The van der Waals surface area contributed by atoms with Gasteiger partial charge in [-0.3, -0.25) is 0 Å². The van der Waals surface area contributed by atoms with Crippen molar-refractivity contribution >= 4 is 22.6 Å². The van der Waals surface area contributed by atoms with Crippen LogP contribution in [-0.2, 0) is 6.42 Å². The number of rotatable bonds is 3. The summed E-state index contributed by atoms with van der Waals surface area (Å²) in [6, 6.07) is 7.92. The molecule has 2 N–H and O–H groups in total. The van der Waals surface area contributed by atoms with Crippen LogP contribution >= 0.6 is 22.6 Å². The van der Waals surface area contributed by atoms with Crippen LogP contribution in [0.5, 0.6) is 0 Å². The van der Waals surface area contributed by atoms with Crippen LogP contribution in [0.2, 0.25) is 0 Å². The SMILES string of the molecule is NCCc1nnc(-c2cccc(I)c2)o1. The summed E-state index contributed by atoms with van der Waals surface area (Å²) < 4.78 is 6.60. The number of halogens is 1. The van der Waals surface area contributed by atoms with E-state index in [2.05, 4.69) is 32.8 Å². The van der Waals surface area contributed by atoms with Crippen molar-refractivity contribution in [2.45, 2.75) is 6.42 Å². The van der Waals surface area contributed by atoms with Gasteiger partial charge in [0, 0.05) is 22.1 Å². The van der Waals surface area contributed by atoms with Crippen molar-refractivity contribution in [1.82, 2.24) is 10.2 Å². The molecule has 15 heavy (non-hydrogen) atoms. The van der Waals surface area contributed by atoms with Gasteiger partial charge < -0.3 is 10.2 Å². The third-order valence-electron chi connectivity index (χ3n) is 1.90. The molecule has 1 heterocycles. The van der Waals surface area contributed by atoms with Crippen LogP contribution in [0.25, 0.3) is 11.5 Å². The van der Waals surface area contributed by atoms with Crippen LogP contribution in [0.4, 0.5) is 0 Å². The maximum absolute atomic E-state index is 5.46. The lowest BCUT2D eigenvalue weighted by Gasteiger charge is -1.94. The largest absolute Gasteiger partial charge is 0.421 e. The number of nitrogens with two attached hydrogens (primary N) is 1. The van der Waals surface area contributed by atoms with Gasteiger partial charge in [0.05, 0.1) is 0 Å². The van der Waals surface area contributed by atoms with E-state index >= 15 is 0 Å². The van der Waals surface area contributed by atoms with Crippen molar-refractivity contribution in [1.29, 1.82) is 0 Å². The highest BCUT2D eigenvalue weighted by Crippen LogP contribution is 2.19. The van der Waals surface area contributed by atoms with E-state index in [1.165, 1.54) is 0 Å². The van der Waals surface area contributed by atoms with E-state index in [1.54, 1.807) is 0 Å². The highest BCUT2D eigenvalue weighted by molar-refractivity contribution is 14.1. The van der Waals surface area contributed by atoms with Gasteiger partial charge >= 0.3 is 0 Å². The molecule has 2 rings (SSSR count). The van der Waals surface area contributed by atoms with Gasteiger partial charge in [-0.1, -0.05) is 6.07 Å². The molecule has 1 aromatic carbocycles. The minimum Gasteiger partial charge on any atom is -0.421 e. The number of nitrogens with zero attached hydrogens (tertiary/aromatic N) is 2. The van der Waals surface area contributed by atoms with Crippen LogP contribution in [0.3, 0.4) is 0 Å². The summed E-state index contributed by atoms with van der Waals surface area (Å²) >= 11 is 2.25. The van der Waals surface area contributed by atoms with Gasteiger partial charge in [-0.25, -0.2) is 0 Å². The molecular formula is C10H10IN3O. The van der Waals surface area contributed by atoms with Crippen LogP contribution in [-0.4, -0.2) is 16.7 Å². The van der Waals surface area contributed by atoms with Crippen LogP contribution < -0.4 is 5.73 Å². The monoisotopic (exact) mass is 315 g/mol. The summed E-state index contributed by atoms with van der Waals surface area (Å²) in [6.45, 7) is 0.522. The van der Waals surface area contributed by atoms with Crippen molar-refractivity contribution in [3.8, 4) is 11.5 Å². The number of hydrogen-bond donors (Lipinski definition) is 1. The molecule has 2 aromatic rings. The Bertz CT molecular complexity index is 455. The average molecular weight is 315 g/mol. The van der Waals surface area contributed by atoms with E-state index in [1.807, 2.05) is 24.3 Å². The molecule has 5 heteroatoms. The van der Waals surface area contributed by atoms with Gasteiger partial charge in [0.25, 0.3) is 0 Å². The number of aromatic nitrogens is 2. The van der Waals surface area contributed by atoms with Gasteiger partial charge in [0.1, 0.15) is 0 Å². The topological polar surface area (TPSA) is 64.9 Å². The maximum atomic E-state index is 5.46. The molecule has 0 spiro atoms. The molecule has 78 valence electrons. The normalized spacial score (nSPS) is 10.5. The van der Waals surface area contributed by atoms with Crippen LogP contribution in [0.1, 0.15) is 5.89 Å². The lowest BCUT2D eigenvalue weighted by molar-refractivity contribution is 0.507. The van der Waals surface area contributed by atoms with Gasteiger partial charge in [-0.15, -0.1) is 10.2 Å². The molecule has 4 nitrogen and oxygen atoms in total. The molecule has 0 saturated heterocycles. The minimum atomic E-state index is 0.522. The first-order valence-corrected chi connectivity index (χ1v) is 5.66. The second kappa shape index (κ2) is 4.71. The van der Waals surface area contributed by atoms with Crippen molar-refractivity contribution in [3.05, 3.63) is 33.7 Å². The van der Waals surface area contributed by atoms with E-state index in [0.717, 1.165) is 9.13 Å². The average Bonchev–Trinajstić information content (AvgIpc) is 2.67. The first kappa shape index (κ1) is 10.6. The van der Waals surface area contributed by atoms with Gasteiger partial charge in [0.2, 0.25) is 11.8 Å². The highest BCUT2D eigenvalue weighted by atomic mass is 127. The molecule has 0 aliphatic carbocycles. The molecule has 0 fully saturated rings. The summed E-state index contributed by atoms with van der Waals surface area (Å²) in [6.07, 6.45) is 0.622. The maximum Gasteiger partial charge on any atom is 0.247 e. The second-order valence-corrected chi connectivity index (χ2v) is 4.30. The fourth-order valence-electron chi connectivity index (χ4n) is 1.22. The molecule has 0 atom stereocenters. The van der Waals surface area contributed by atoms with E-state index in [4.69, 9.17) is 10.2 Å². The first-order valence-electron chi connectivity index (χ1n) is 4.58. The van der Waals surface area contributed by atoms with Crippen molar-refractivity contribution in [3.63, 3.8) is 0 Å². The zero-order valence-corrected chi connectivity index (χ0v) is 10.1. The molecule has 0 unspecified atom stereocenters. The lowest BCUT2D eigenvalue weighted by Crippen LogP contribution is -2.02. The Kier molecular flexibility index (Phi) is 3.32. The Morgan fingerprint density at radius 3 is 2.93 bits per heavy atom. The summed E-state index contributed by atoms with van der Waals surface area (Å²) in [5.74, 6) is 1.14. The smallest absolute Gasteiger partial charge is 0.247 e. The molecule has 0 radical (unpaired) electrons. The quantitative estimate of drug-likeness (QED) is 0.878. The molecular weight excluding hydrogens is 305 g/mol. The Hall–Kier alpha value is -0.950. The molecule has 0 bridgehead atoms. The predicted molar refractivity (Wildman–Crippen MR) is 65.2 cm³/mol. The molecule has 1 aromatic heterocycles. The summed E-state index contributed by atoms with van der Waals surface area (Å²) in [4.78, 5) is 0. The summed E-state index contributed by atoms with van der Waals surface area (Å²) in [5.41, 5.74) is 6.35. The summed E-state index contributed by atoms with van der Waals surface area (Å²) in [5, 5.41) is 7.88. The minimum absolute atomic E-state index is 0.522. The number of benzene rings is 1. The van der Waals surface area contributed by atoms with Gasteiger partial charge in [-0.05, 0) is 40.8 Å². The van der Waals surface area contributed by atoms with Crippen molar-refractivity contribution < 1.29 is 4.42 Å². The van der Waals surface area contributed by atoms with Gasteiger partial charge in [-0.2, -0.15) is 0 Å². The second-order valence-electron chi connectivity index (χ2n) is 3.05. The van der Waals surface area contributed by atoms with E-state index < -0.39 is 0 Å². The Balaban J connectivity index is 2.29. The number of hydrogen-bond acceptors (Lipinski definition) is 4. The standard InChI is InChI=1S/C10H10IN3O/c11-8-3-1-2-7(6-8)10-14-13-9(15-10)4-5-12/h1-3,6H,4-5,12H2. The van der Waals surface area contributed by atoms with Crippen LogP contribution in [0, 0.1) is 3.57 Å². The van der Waals surface area contributed by atoms with E-state index in [-0.39, 0.29) is 0 Å². The van der Waals surface area contributed by atoms with E-state index in [0.29, 0.717) is 24.7 Å². The van der Waals surface area contributed by atoms with Crippen LogP contribution in [0.15, 0.2) is 28.7 Å². The zero-order valence-electron chi connectivity index (χ0n) is 7.98. The van der Waals surface area contributed by atoms with Crippen molar-refractivity contribution in [2.75, 3.05) is 6.54 Å². The first-order chi connectivity index (χ1) is 7.29. The Morgan fingerprint density at radius 1 is 1.33 bits per heavy atom. The predicted octanol–water partition coefficient (Wildman–Crippen LogP) is 1.84. The molecule has 0 saturated carbocycles.